The summed E-state index contributed by atoms with van der Waals surface area (Å²) < 4.78 is 23.0. The van der Waals surface area contributed by atoms with E-state index in [4.69, 9.17) is 18.9 Å². The number of aliphatic hydroxyl groups is 2. The number of Topliss-reactive ketones (excluding diaryl/α,β-unsaturated/α-hetero) is 1. The molecule has 3 aromatic rings. The first-order valence-corrected chi connectivity index (χ1v) is 10.7. The van der Waals surface area contributed by atoms with E-state index in [0.717, 1.165) is 6.07 Å². The fourth-order valence-corrected chi connectivity index (χ4v) is 4.28. The van der Waals surface area contributed by atoms with E-state index < -0.39 is 35.9 Å². The number of carbonyl (C=O) groups is 1. The second-order valence-corrected chi connectivity index (χ2v) is 8.20. The van der Waals surface area contributed by atoms with Gasteiger partial charge >= 0.3 is 29.6 Å². The van der Waals surface area contributed by atoms with Gasteiger partial charge in [0.15, 0.2) is 47.4 Å². The zero-order valence-electron chi connectivity index (χ0n) is 20.4. The number of aromatic hydroxyl groups is 3. The number of ether oxygens (including phenoxy) is 4. The fourth-order valence-electron chi connectivity index (χ4n) is 4.28. The molecule has 0 bridgehead atoms. The monoisotopic (exact) mass is 506 g/mol. The Hall–Kier alpha value is -3.15. The number of hydrogen-bond donors (Lipinski definition) is 5. The minimum absolute atomic E-state index is 0. The van der Waals surface area contributed by atoms with E-state index in [9.17, 15) is 30.3 Å². The van der Waals surface area contributed by atoms with Gasteiger partial charge in [-0.3, -0.25) is 4.79 Å². The summed E-state index contributed by atoms with van der Waals surface area (Å²) in [7, 11) is 1.41. The summed E-state index contributed by atoms with van der Waals surface area (Å²) in [5.41, 5.74) is 0.751. The summed E-state index contributed by atoms with van der Waals surface area (Å²) in [6.45, 7) is -0.349. The summed E-state index contributed by atoms with van der Waals surface area (Å²) in [6, 6.07) is 11.5. The first-order chi connectivity index (χ1) is 16.8. The molecular weight excluding hydrogens is 483 g/mol. The molecule has 10 nitrogen and oxygen atoms in total. The zero-order valence-corrected chi connectivity index (χ0v) is 21.4. The molecule has 0 amide bonds. The Kier molecular flexibility index (Phi) is 7.26. The Balaban J connectivity index is 0.00000190. The van der Waals surface area contributed by atoms with Gasteiger partial charge in [0, 0.05) is 17.7 Å². The largest absolute Gasteiger partial charge is 1.00 e. The molecule has 0 saturated carbocycles. The molecule has 0 unspecified atom stereocenters. The van der Waals surface area contributed by atoms with Crippen molar-refractivity contribution in [1.82, 2.24) is 0 Å². The number of ketones is 1. The predicted molar refractivity (Wildman–Crippen MR) is 121 cm³/mol. The van der Waals surface area contributed by atoms with E-state index in [1.54, 1.807) is 30.3 Å². The van der Waals surface area contributed by atoms with Gasteiger partial charge in [-0.25, -0.2) is 0 Å². The molecular formula is C25H23NaO10. The van der Waals surface area contributed by atoms with Gasteiger partial charge in [-0.2, -0.15) is 0 Å². The quantitative estimate of drug-likeness (QED) is 0.292. The molecule has 2 aliphatic rings. The fraction of sp³-hybridized carbons (Fsp3) is 0.240. The number of phenolic OH excluding ortho intramolecular Hbond substituents is 3. The van der Waals surface area contributed by atoms with Gasteiger partial charge in [0.25, 0.3) is 0 Å². The third-order valence-corrected chi connectivity index (χ3v) is 6.00. The van der Waals surface area contributed by atoms with Crippen LogP contribution in [0.25, 0.3) is 0 Å². The summed E-state index contributed by atoms with van der Waals surface area (Å²) in [5, 5.41) is 50.2. The van der Waals surface area contributed by atoms with Crippen LogP contribution in [0.5, 0.6) is 40.2 Å². The van der Waals surface area contributed by atoms with E-state index in [1.165, 1.54) is 19.2 Å². The maximum atomic E-state index is 12.7. The Morgan fingerprint density at radius 3 is 2.28 bits per heavy atom. The normalized spacial score (nSPS) is 22.1. The van der Waals surface area contributed by atoms with Crippen molar-refractivity contribution in [2.24, 2.45) is 0 Å². The molecule has 0 spiro atoms. The van der Waals surface area contributed by atoms with Gasteiger partial charge in [0.05, 0.1) is 13.7 Å². The van der Waals surface area contributed by atoms with Gasteiger partial charge in [0.1, 0.15) is 22.8 Å². The van der Waals surface area contributed by atoms with Crippen molar-refractivity contribution in [2.75, 3.05) is 13.7 Å². The van der Waals surface area contributed by atoms with Crippen molar-refractivity contribution < 1.29 is 80.3 Å². The summed E-state index contributed by atoms with van der Waals surface area (Å²) >= 11 is 0. The standard InChI is InChI=1S/C25H22O10.Na.H/c1-32-17-6-11(2-4-14(17)28)24-20(10-26)33-16-5-3-12(7-18(16)34-24)25-23(31)22(30)21-15(29)8-13(27)9-19(21)35-25;;/h2-9,20,23-29,31H,10H2,1H3;;/q;+1;-1/t20-,23+,24-,25-;;/m1../s1. The number of hydrogen-bond acceptors (Lipinski definition) is 10. The Morgan fingerprint density at radius 1 is 0.861 bits per heavy atom. The van der Waals surface area contributed by atoms with Gasteiger partial charge in [-0.05, 0) is 29.8 Å². The third kappa shape index (κ3) is 4.42. The molecule has 5 rings (SSSR count). The number of rotatable bonds is 4. The van der Waals surface area contributed by atoms with Crippen molar-refractivity contribution in [2.45, 2.75) is 24.4 Å². The van der Waals surface area contributed by atoms with Gasteiger partial charge in [0.2, 0.25) is 5.78 Å². The van der Waals surface area contributed by atoms with Crippen LogP contribution in [0.1, 0.15) is 35.1 Å². The van der Waals surface area contributed by atoms with Crippen LogP contribution in [-0.4, -0.2) is 57.2 Å². The maximum Gasteiger partial charge on any atom is 1.00 e. The second kappa shape index (κ2) is 10.1. The van der Waals surface area contributed by atoms with Crippen LogP contribution in [-0.2, 0) is 0 Å². The second-order valence-electron chi connectivity index (χ2n) is 8.20. The van der Waals surface area contributed by atoms with Gasteiger partial charge in [-0.1, -0.05) is 12.1 Å². The SMILES string of the molecule is COc1cc([C@H]2Oc3cc([C@H]4Oc5cc(O)cc(O)c5C(=O)[C@@H]4O)ccc3O[C@@H]2CO)ccc1O.[H-].[Na+]. The van der Waals surface area contributed by atoms with Crippen molar-refractivity contribution in [3.8, 4) is 40.2 Å². The van der Waals surface area contributed by atoms with E-state index in [-0.39, 0.29) is 71.9 Å². The van der Waals surface area contributed by atoms with Crippen LogP contribution in [0, 0.1) is 0 Å². The van der Waals surface area contributed by atoms with Crippen molar-refractivity contribution >= 4 is 5.78 Å². The zero-order chi connectivity index (χ0) is 24.9. The smallest absolute Gasteiger partial charge is 1.00 e. The minimum Gasteiger partial charge on any atom is -1.00 e. The molecule has 4 atom stereocenters. The summed E-state index contributed by atoms with van der Waals surface area (Å²) in [6.07, 6.45) is -4.28. The van der Waals surface area contributed by atoms with Gasteiger partial charge in [-0.15, -0.1) is 0 Å². The molecule has 11 heteroatoms. The van der Waals surface area contributed by atoms with E-state index in [1.807, 2.05) is 0 Å². The van der Waals surface area contributed by atoms with Crippen LogP contribution >= 0.6 is 0 Å². The summed E-state index contributed by atoms with van der Waals surface area (Å²) in [5.74, 6) is -0.823. The molecule has 36 heavy (non-hydrogen) atoms. The van der Waals surface area contributed by atoms with Crippen molar-refractivity contribution in [3.05, 3.63) is 65.2 Å². The van der Waals surface area contributed by atoms with Crippen molar-refractivity contribution in [3.63, 3.8) is 0 Å². The van der Waals surface area contributed by atoms with E-state index in [2.05, 4.69) is 0 Å². The van der Waals surface area contributed by atoms with E-state index >= 15 is 0 Å². The number of phenols is 3. The van der Waals surface area contributed by atoms with Crippen LogP contribution in [0.3, 0.4) is 0 Å². The number of methoxy groups -OCH3 is 1. The van der Waals surface area contributed by atoms with Gasteiger partial charge < -0.3 is 45.9 Å². The molecule has 184 valence electrons. The Labute approximate surface area is 229 Å². The molecule has 0 aromatic heterocycles. The Bertz CT molecular complexity index is 1320. The number of benzene rings is 3. The molecule has 0 saturated heterocycles. The average Bonchev–Trinajstić information content (AvgIpc) is 2.85. The topological polar surface area (TPSA) is 155 Å². The average molecular weight is 506 g/mol. The molecule has 2 heterocycles. The molecule has 2 aliphatic heterocycles. The number of fused-ring (bicyclic) bond motifs is 2. The molecule has 0 fully saturated rings. The van der Waals surface area contributed by atoms with Crippen molar-refractivity contribution in [1.29, 1.82) is 0 Å². The first-order valence-electron chi connectivity index (χ1n) is 10.7. The van der Waals surface area contributed by atoms with Crippen LogP contribution in [0.2, 0.25) is 0 Å². The maximum absolute atomic E-state index is 12.7. The first kappa shape index (κ1) is 25.9. The summed E-state index contributed by atoms with van der Waals surface area (Å²) in [4.78, 5) is 12.7. The Morgan fingerprint density at radius 2 is 1.56 bits per heavy atom. The molecule has 0 aliphatic carbocycles. The molecule has 0 radical (unpaired) electrons. The van der Waals surface area contributed by atoms with Crippen LogP contribution in [0.15, 0.2) is 48.5 Å². The predicted octanol–water partition coefficient (Wildman–Crippen LogP) is -0.521. The minimum atomic E-state index is -1.62. The molecule has 5 N–H and O–H groups in total. The van der Waals surface area contributed by atoms with Crippen LogP contribution < -0.4 is 48.5 Å². The third-order valence-electron chi connectivity index (χ3n) is 6.00. The number of carbonyl (C=O) groups excluding carboxylic acids is 1. The van der Waals surface area contributed by atoms with E-state index in [0.29, 0.717) is 16.9 Å². The number of aliphatic hydroxyl groups excluding tert-OH is 2. The molecule has 3 aromatic carbocycles. The van der Waals surface area contributed by atoms with Crippen LogP contribution in [0.4, 0.5) is 0 Å².